The van der Waals surface area contributed by atoms with Crippen molar-refractivity contribution in [2.45, 2.75) is 18.3 Å². The molecular weight excluding hydrogens is 236 g/mol. The molecule has 1 fully saturated rings. The lowest BCUT2D eigenvalue weighted by Crippen LogP contribution is -2.34. The summed E-state index contributed by atoms with van der Waals surface area (Å²) < 4.78 is 5.54. The van der Waals surface area contributed by atoms with E-state index in [1.165, 1.54) is 11.1 Å². The molecule has 1 saturated heterocycles. The predicted molar refractivity (Wildman–Crippen MR) is 75.4 cm³/mol. The van der Waals surface area contributed by atoms with Crippen molar-refractivity contribution in [3.63, 3.8) is 0 Å². The van der Waals surface area contributed by atoms with E-state index in [-0.39, 0.29) is 5.41 Å². The molecule has 98 valence electrons. The van der Waals surface area contributed by atoms with Gasteiger partial charge in [-0.25, -0.2) is 0 Å². The Labute approximate surface area is 113 Å². The van der Waals surface area contributed by atoms with E-state index >= 15 is 0 Å². The van der Waals surface area contributed by atoms with Crippen LogP contribution < -0.4 is 0 Å². The highest BCUT2D eigenvalue weighted by molar-refractivity contribution is 5.41. The first kappa shape index (κ1) is 12.2. The van der Waals surface area contributed by atoms with E-state index in [4.69, 9.17) is 4.74 Å². The SMILES string of the molecule is Oc1ccc(C2(c3ccccc3)CCOCC2)cc1. The van der Waals surface area contributed by atoms with Gasteiger partial charge in [-0.15, -0.1) is 0 Å². The van der Waals surface area contributed by atoms with Gasteiger partial charge in [-0.1, -0.05) is 42.5 Å². The quantitative estimate of drug-likeness (QED) is 0.889. The minimum atomic E-state index is 0.0210. The van der Waals surface area contributed by atoms with Gasteiger partial charge in [-0.2, -0.15) is 0 Å². The molecule has 19 heavy (non-hydrogen) atoms. The van der Waals surface area contributed by atoms with Crippen LogP contribution in [0.5, 0.6) is 5.75 Å². The third kappa shape index (κ3) is 2.24. The second-order valence-corrected chi connectivity index (χ2v) is 5.11. The summed E-state index contributed by atoms with van der Waals surface area (Å²) in [6.45, 7) is 1.57. The van der Waals surface area contributed by atoms with Crippen molar-refractivity contribution in [2.75, 3.05) is 13.2 Å². The molecular formula is C17H18O2. The smallest absolute Gasteiger partial charge is 0.115 e. The van der Waals surface area contributed by atoms with Crippen molar-refractivity contribution in [2.24, 2.45) is 0 Å². The molecule has 1 aliphatic heterocycles. The molecule has 1 aliphatic rings. The summed E-state index contributed by atoms with van der Waals surface area (Å²) in [4.78, 5) is 0. The maximum atomic E-state index is 9.48. The van der Waals surface area contributed by atoms with Gasteiger partial charge in [0.25, 0.3) is 0 Å². The van der Waals surface area contributed by atoms with Gasteiger partial charge in [0, 0.05) is 18.6 Å². The highest BCUT2D eigenvalue weighted by Crippen LogP contribution is 2.41. The van der Waals surface area contributed by atoms with Crippen molar-refractivity contribution >= 4 is 0 Å². The first-order chi connectivity index (χ1) is 9.31. The summed E-state index contributed by atoms with van der Waals surface area (Å²) in [5, 5.41) is 9.48. The number of phenolic OH excluding ortho intramolecular Hbond substituents is 1. The number of benzene rings is 2. The number of ether oxygens (including phenoxy) is 1. The number of rotatable bonds is 2. The van der Waals surface area contributed by atoms with Gasteiger partial charge in [0.15, 0.2) is 0 Å². The molecule has 0 radical (unpaired) electrons. The summed E-state index contributed by atoms with van der Waals surface area (Å²) in [5.74, 6) is 0.319. The van der Waals surface area contributed by atoms with Crippen molar-refractivity contribution in [3.05, 3.63) is 65.7 Å². The minimum absolute atomic E-state index is 0.0210. The van der Waals surface area contributed by atoms with Gasteiger partial charge in [-0.05, 0) is 36.1 Å². The minimum Gasteiger partial charge on any atom is -0.508 e. The van der Waals surface area contributed by atoms with E-state index in [0.717, 1.165) is 26.1 Å². The fraction of sp³-hybridized carbons (Fsp3) is 0.294. The molecule has 2 nitrogen and oxygen atoms in total. The Bertz CT molecular complexity index is 525. The number of aromatic hydroxyl groups is 1. The van der Waals surface area contributed by atoms with Crippen LogP contribution in [0.15, 0.2) is 54.6 Å². The monoisotopic (exact) mass is 254 g/mol. The van der Waals surface area contributed by atoms with Gasteiger partial charge >= 0.3 is 0 Å². The van der Waals surface area contributed by atoms with Crippen LogP contribution >= 0.6 is 0 Å². The standard InChI is InChI=1S/C17H18O2/c18-16-8-6-15(7-9-16)17(10-12-19-13-11-17)14-4-2-1-3-5-14/h1-9,18H,10-13H2. The second-order valence-electron chi connectivity index (χ2n) is 5.11. The highest BCUT2D eigenvalue weighted by Gasteiger charge is 2.35. The Hall–Kier alpha value is -1.80. The van der Waals surface area contributed by atoms with Gasteiger partial charge in [0.2, 0.25) is 0 Å². The summed E-state index contributed by atoms with van der Waals surface area (Å²) in [7, 11) is 0. The fourth-order valence-electron chi connectivity index (χ4n) is 3.00. The Kier molecular flexibility index (Phi) is 3.26. The van der Waals surface area contributed by atoms with Crippen molar-refractivity contribution in [1.82, 2.24) is 0 Å². The summed E-state index contributed by atoms with van der Waals surface area (Å²) in [6.07, 6.45) is 1.98. The number of hydrogen-bond acceptors (Lipinski definition) is 2. The molecule has 0 aromatic heterocycles. The van der Waals surface area contributed by atoms with Crippen LogP contribution in [0.4, 0.5) is 0 Å². The van der Waals surface area contributed by atoms with Crippen LogP contribution in [0.3, 0.4) is 0 Å². The first-order valence-corrected chi connectivity index (χ1v) is 6.74. The summed E-state index contributed by atoms with van der Waals surface area (Å²) >= 11 is 0. The number of phenols is 1. The Morgan fingerprint density at radius 1 is 0.789 bits per heavy atom. The fourth-order valence-corrected chi connectivity index (χ4v) is 3.00. The molecule has 0 unspecified atom stereocenters. The molecule has 0 atom stereocenters. The molecule has 2 heteroatoms. The van der Waals surface area contributed by atoms with Crippen LogP contribution in [0.1, 0.15) is 24.0 Å². The van der Waals surface area contributed by atoms with Crippen molar-refractivity contribution < 1.29 is 9.84 Å². The molecule has 0 bridgehead atoms. The zero-order chi connectivity index (χ0) is 13.1. The molecule has 2 aromatic rings. The lowest BCUT2D eigenvalue weighted by atomic mass is 9.69. The van der Waals surface area contributed by atoms with E-state index < -0.39 is 0 Å². The van der Waals surface area contributed by atoms with E-state index in [1.807, 2.05) is 18.2 Å². The van der Waals surface area contributed by atoms with Crippen molar-refractivity contribution in [1.29, 1.82) is 0 Å². The second kappa shape index (κ2) is 5.06. The molecule has 3 rings (SSSR count). The highest BCUT2D eigenvalue weighted by atomic mass is 16.5. The zero-order valence-corrected chi connectivity index (χ0v) is 10.9. The van der Waals surface area contributed by atoms with E-state index in [0.29, 0.717) is 5.75 Å². The third-order valence-corrected chi connectivity index (χ3v) is 4.09. The topological polar surface area (TPSA) is 29.5 Å². The molecule has 0 aliphatic carbocycles. The normalized spacial score (nSPS) is 18.1. The van der Waals surface area contributed by atoms with Gasteiger partial charge in [0.1, 0.15) is 5.75 Å². The van der Waals surface area contributed by atoms with E-state index in [9.17, 15) is 5.11 Å². The maximum absolute atomic E-state index is 9.48. The molecule has 0 amide bonds. The van der Waals surface area contributed by atoms with Crippen LogP contribution in [-0.4, -0.2) is 18.3 Å². The van der Waals surface area contributed by atoms with Gasteiger partial charge < -0.3 is 9.84 Å². The largest absolute Gasteiger partial charge is 0.508 e. The maximum Gasteiger partial charge on any atom is 0.115 e. The lowest BCUT2D eigenvalue weighted by molar-refractivity contribution is 0.0631. The Morgan fingerprint density at radius 2 is 1.37 bits per heavy atom. The average Bonchev–Trinajstić information content (AvgIpc) is 2.49. The Morgan fingerprint density at radius 3 is 2.00 bits per heavy atom. The van der Waals surface area contributed by atoms with Crippen LogP contribution in [0, 0.1) is 0 Å². The molecule has 0 saturated carbocycles. The molecule has 1 N–H and O–H groups in total. The summed E-state index contributed by atoms with van der Waals surface area (Å²) in [6, 6.07) is 18.2. The van der Waals surface area contributed by atoms with Crippen LogP contribution in [0.25, 0.3) is 0 Å². The first-order valence-electron chi connectivity index (χ1n) is 6.74. The van der Waals surface area contributed by atoms with E-state index in [2.05, 4.69) is 24.3 Å². The van der Waals surface area contributed by atoms with Crippen molar-refractivity contribution in [3.8, 4) is 5.75 Å². The zero-order valence-electron chi connectivity index (χ0n) is 10.9. The van der Waals surface area contributed by atoms with E-state index in [1.54, 1.807) is 12.1 Å². The van der Waals surface area contributed by atoms with Gasteiger partial charge in [0.05, 0.1) is 0 Å². The third-order valence-electron chi connectivity index (χ3n) is 4.09. The van der Waals surface area contributed by atoms with Gasteiger partial charge in [-0.3, -0.25) is 0 Å². The molecule has 0 spiro atoms. The molecule has 1 heterocycles. The number of hydrogen-bond donors (Lipinski definition) is 1. The summed E-state index contributed by atoms with van der Waals surface area (Å²) in [5.41, 5.74) is 2.62. The molecule has 2 aromatic carbocycles. The average molecular weight is 254 g/mol. The lowest BCUT2D eigenvalue weighted by Gasteiger charge is -2.38. The Balaban J connectivity index is 2.09. The van der Waals surface area contributed by atoms with Crippen LogP contribution in [-0.2, 0) is 10.2 Å². The van der Waals surface area contributed by atoms with Crippen LogP contribution in [0.2, 0.25) is 0 Å². The predicted octanol–water partition coefficient (Wildman–Crippen LogP) is 3.49.